The number of hydrogen-bond donors (Lipinski definition) is 1. The van der Waals surface area contributed by atoms with Gasteiger partial charge in [0.1, 0.15) is 22.1 Å². The highest BCUT2D eigenvalue weighted by Crippen LogP contribution is 2.33. The number of benzene rings is 1. The number of rotatable bonds is 4. The topological polar surface area (TPSA) is 77.2 Å². The van der Waals surface area contributed by atoms with Crippen LogP contribution in [-0.2, 0) is 17.6 Å². The maximum atomic E-state index is 11.9. The summed E-state index contributed by atoms with van der Waals surface area (Å²) in [6.45, 7) is 1.77. The van der Waals surface area contributed by atoms with Gasteiger partial charge in [0.05, 0.1) is 0 Å². The standard InChI is InChI=1S/C17H17N3O3S/c1-10-19-20-17(24-10)18-16(21)9-22-11-6-7-15-13(8-11)12-4-2-3-5-14(12)23-15/h6-8H,2-5,9H2,1H3,(H,18,20,21). The van der Waals surface area contributed by atoms with Crippen molar-refractivity contribution in [3.8, 4) is 5.75 Å². The number of carbonyl (C=O) groups excluding carboxylic acids is 1. The van der Waals surface area contributed by atoms with Crippen molar-refractivity contribution in [3.63, 3.8) is 0 Å². The SMILES string of the molecule is Cc1nnc(NC(=O)COc2ccc3oc4c(c3c2)CCCC4)s1. The molecule has 0 radical (unpaired) electrons. The molecule has 0 saturated carbocycles. The molecule has 1 N–H and O–H groups in total. The maximum absolute atomic E-state index is 11.9. The summed E-state index contributed by atoms with van der Waals surface area (Å²) in [7, 11) is 0. The van der Waals surface area contributed by atoms with Crippen LogP contribution in [0.15, 0.2) is 22.6 Å². The van der Waals surface area contributed by atoms with Gasteiger partial charge in [0.2, 0.25) is 5.13 Å². The average molecular weight is 343 g/mol. The largest absolute Gasteiger partial charge is 0.484 e. The van der Waals surface area contributed by atoms with Gasteiger partial charge in [0, 0.05) is 17.4 Å². The lowest BCUT2D eigenvalue weighted by molar-refractivity contribution is -0.118. The third-order valence-electron chi connectivity index (χ3n) is 4.07. The zero-order chi connectivity index (χ0) is 16.5. The number of hydrogen-bond acceptors (Lipinski definition) is 6. The first kappa shape index (κ1) is 15.1. The molecule has 7 heteroatoms. The van der Waals surface area contributed by atoms with Gasteiger partial charge in [-0.25, -0.2) is 0 Å². The van der Waals surface area contributed by atoms with E-state index >= 15 is 0 Å². The van der Waals surface area contributed by atoms with E-state index in [1.807, 2.05) is 25.1 Å². The molecule has 2 heterocycles. The Morgan fingerprint density at radius 2 is 2.21 bits per heavy atom. The smallest absolute Gasteiger partial charge is 0.264 e. The first-order valence-electron chi connectivity index (χ1n) is 7.96. The van der Waals surface area contributed by atoms with E-state index in [0.29, 0.717) is 10.9 Å². The van der Waals surface area contributed by atoms with Crippen LogP contribution in [0.1, 0.15) is 29.2 Å². The minimum atomic E-state index is -0.250. The summed E-state index contributed by atoms with van der Waals surface area (Å²) in [5, 5.41) is 12.8. The molecule has 4 rings (SSSR count). The monoisotopic (exact) mass is 343 g/mol. The third-order valence-corrected chi connectivity index (χ3v) is 4.82. The summed E-state index contributed by atoms with van der Waals surface area (Å²) < 4.78 is 11.5. The van der Waals surface area contributed by atoms with E-state index in [9.17, 15) is 4.79 Å². The zero-order valence-electron chi connectivity index (χ0n) is 13.3. The molecule has 1 aliphatic carbocycles. The van der Waals surface area contributed by atoms with Crippen LogP contribution < -0.4 is 10.1 Å². The van der Waals surface area contributed by atoms with Crippen LogP contribution in [0.5, 0.6) is 5.75 Å². The second-order valence-corrected chi connectivity index (χ2v) is 7.01. The van der Waals surface area contributed by atoms with Gasteiger partial charge in [0.25, 0.3) is 5.91 Å². The number of nitrogens with zero attached hydrogens (tertiary/aromatic N) is 2. The van der Waals surface area contributed by atoms with Crippen LogP contribution >= 0.6 is 11.3 Å². The Morgan fingerprint density at radius 1 is 1.33 bits per heavy atom. The van der Waals surface area contributed by atoms with Crippen LogP contribution in [0.2, 0.25) is 0 Å². The van der Waals surface area contributed by atoms with Crippen molar-refractivity contribution in [3.05, 3.63) is 34.5 Å². The first-order chi connectivity index (χ1) is 11.7. The van der Waals surface area contributed by atoms with Crippen molar-refractivity contribution in [1.29, 1.82) is 0 Å². The lowest BCUT2D eigenvalue weighted by atomic mass is 9.96. The molecule has 0 atom stereocenters. The molecule has 6 nitrogen and oxygen atoms in total. The van der Waals surface area contributed by atoms with E-state index < -0.39 is 0 Å². The number of furan rings is 1. The van der Waals surface area contributed by atoms with Crippen molar-refractivity contribution in [2.75, 3.05) is 11.9 Å². The Bertz CT molecular complexity index is 900. The number of anilines is 1. The highest BCUT2D eigenvalue weighted by Gasteiger charge is 2.18. The molecule has 2 aromatic heterocycles. The van der Waals surface area contributed by atoms with Crippen molar-refractivity contribution < 1.29 is 13.9 Å². The molecular weight excluding hydrogens is 326 g/mol. The average Bonchev–Trinajstić information content (AvgIpc) is 3.16. The zero-order valence-corrected chi connectivity index (χ0v) is 14.1. The van der Waals surface area contributed by atoms with Gasteiger partial charge >= 0.3 is 0 Å². The molecular formula is C17H17N3O3S. The van der Waals surface area contributed by atoms with Crippen LogP contribution in [0.25, 0.3) is 11.0 Å². The van der Waals surface area contributed by atoms with Crippen molar-refractivity contribution in [2.24, 2.45) is 0 Å². The van der Waals surface area contributed by atoms with E-state index in [2.05, 4.69) is 15.5 Å². The summed E-state index contributed by atoms with van der Waals surface area (Å²) in [6.07, 6.45) is 4.42. The summed E-state index contributed by atoms with van der Waals surface area (Å²) in [5.74, 6) is 1.51. The number of amides is 1. The van der Waals surface area contributed by atoms with Crippen molar-refractivity contribution >= 4 is 33.3 Å². The van der Waals surface area contributed by atoms with E-state index in [0.717, 1.165) is 34.6 Å². The molecule has 0 unspecified atom stereocenters. The summed E-state index contributed by atoms with van der Waals surface area (Å²) in [4.78, 5) is 11.9. The van der Waals surface area contributed by atoms with Crippen LogP contribution in [0.4, 0.5) is 5.13 Å². The van der Waals surface area contributed by atoms with Gasteiger partial charge in [-0.1, -0.05) is 11.3 Å². The molecule has 124 valence electrons. The van der Waals surface area contributed by atoms with E-state index in [-0.39, 0.29) is 12.5 Å². The number of fused-ring (bicyclic) bond motifs is 3. The minimum absolute atomic E-state index is 0.0653. The van der Waals surface area contributed by atoms with E-state index in [1.54, 1.807) is 0 Å². The second kappa shape index (κ2) is 6.24. The Balaban J connectivity index is 1.45. The Labute approximate surface area is 142 Å². The van der Waals surface area contributed by atoms with Gasteiger partial charge in [-0.2, -0.15) is 0 Å². The number of ether oxygens (including phenoxy) is 1. The number of carbonyl (C=O) groups is 1. The molecule has 0 aliphatic heterocycles. The lowest BCUT2D eigenvalue weighted by Gasteiger charge is -2.09. The summed E-state index contributed by atoms with van der Waals surface area (Å²) >= 11 is 1.33. The quantitative estimate of drug-likeness (QED) is 0.784. The number of nitrogens with one attached hydrogen (secondary N) is 1. The molecule has 0 saturated heterocycles. The molecule has 0 spiro atoms. The van der Waals surface area contributed by atoms with Gasteiger partial charge in [0.15, 0.2) is 6.61 Å². The fourth-order valence-corrected chi connectivity index (χ4v) is 3.59. The Hall–Kier alpha value is -2.41. The normalized spacial score (nSPS) is 13.7. The maximum Gasteiger partial charge on any atom is 0.264 e. The fraction of sp³-hybridized carbons (Fsp3) is 0.353. The predicted molar refractivity (Wildman–Crippen MR) is 91.6 cm³/mol. The highest BCUT2D eigenvalue weighted by molar-refractivity contribution is 7.15. The second-order valence-electron chi connectivity index (χ2n) is 5.83. The molecule has 1 amide bonds. The number of aromatic nitrogens is 2. The first-order valence-corrected chi connectivity index (χ1v) is 8.78. The Morgan fingerprint density at radius 3 is 3.04 bits per heavy atom. The molecule has 3 aromatic rings. The van der Waals surface area contributed by atoms with Gasteiger partial charge in [-0.15, -0.1) is 10.2 Å². The Kier molecular flexibility index (Phi) is 3.93. The molecule has 1 aromatic carbocycles. The van der Waals surface area contributed by atoms with Crippen LogP contribution in [-0.4, -0.2) is 22.7 Å². The van der Waals surface area contributed by atoms with Gasteiger partial charge in [-0.05, 0) is 44.4 Å². The fourth-order valence-electron chi connectivity index (χ4n) is 2.98. The van der Waals surface area contributed by atoms with Crippen molar-refractivity contribution in [2.45, 2.75) is 32.6 Å². The molecule has 1 aliphatic rings. The molecule has 24 heavy (non-hydrogen) atoms. The third kappa shape index (κ3) is 2.99. The van der Waals surface area contributed by atoms with Crippen LogP contribution in [0, 0.1) is 6.92 Å². The molecule has 0 fully saturated rings. The molecule has 0 bridgehead atoms. The van der Waals surface area contributed by atoms with E-state index in [1.165, 1.54) is 29.7 Å². The highest BCUT2D eigenvalue weighted by atomic mass is 32.1. The van der Waals surface area contributed by atoms with Crippen molar-refractivity contribution in [1.82, 2.24) is 10.2 Å². The minimum Gasteiger partial charge on any atom is -0.484 e. The summed E-state index contributed by atoms with van der Waals surface area (Å²) in [6, 6.07) is 5.71. The summed E-state index contributed by atoms with van der Waals surface area (Å²) in [5.41, 5.74) is 2.18. The predicted octanol–water partition coefficient (Wildman–Crippen LogP) is 3.49. The van der Waals surface area contributed by atoms with Gasteiger partial charge in [-0.3, -0.25) is 10.1 Å². The van der Waals surface area contributed by atoms with Crippen LogP contribution in [0.3, 0.4) is 0 Å². The number of aryl methyl sites for hydroxylation is 3. The van der Waals surface area contributed by atoms with E-state index in [4.69, 9.17) is 9.15 Å². The lowest BCUT2D eigenvalue weighted by Crippen LogP contribution is -2.20. The van der Waals surface area contributed by atoms with Gasteiger partial charge < -0.3 is 9.15 Å².